The van der Waals surface area contributed by atoms with E-state index >= 15 is 0 Å². The predicted molar refractivity (Wildman–Crippen MR) is 64.6 cm³/mol. The zero-order chi connectivity index (χ0) is 13.4. The molecule has 0 aliphatic heterocycles. The second-order valence-corrected chi connectivity index (χ2v) is 4.41. The maximum Gasteiger partial charge on any atom is 0.316 e. The number of nitrogens with two attached hydrogens (primary N) is 1. The van der Waals surface area contributed by atoms with E-state index in [2.05, 4.69) is 15.5 Å². The molecule has 1 aliphatic carbocycles. The van der Waals surface area contributed by atoms with Gasteiger partial charge >= 0.3 is 11.8 Å². The molecule has 3 rings (SSSR count). The van der Waals surface area contributed by atoms with Gasteiger partial charge in [-0.05, 0) is 31.0 Å². The number of carbonyl (C=O) groups excluding carboxylic acids is 1. The van der Waals surface area contributed by atoms with Crippen LogP contribution in [0.3, 0.4) is 0 Å². The highest BCUT2D eigenvalue weighted by molar-refractivity contribution is 5.90. The Morgan fingerprint density at radius 2 is 2.26 bits per heavy atom. The molecule has 1 amide bonds. The van der Waals surface area contributed by atoms with Gasteiger partial charge in [-0.2, -0.15) is 4.98 Å². The first-order valence-corrected chi connectivity index (χ1v) is 5.83. The topological polar surface area (TPSA) is 94.0 Å². The van der Waals surface area contributed by atoms with Crippen LogP contribution in [0.1, 0.15) is 23.5 Å². The number of amides is 1. The van der Waals surface area contributed by atoms with Crippen LogP contribution in [-0.2, 0) is 0 Å². The molecule has 0 bridgehead atoms. The first kappa shape index (κ1) is 11.6. The van der Waals surface area contributed by atoms with Crippen LogP contribution in [-0.4, -0.2) is 22.1 Å². The minimum atomic E-state index is -0.515. The third kappa shape index (κ3) is 2.40. The molecule has 19 heavy (non-hydrogen) atoms. The van der Waals surface area contributed by atoms with Crippen LogP contribution < -0.4 is 11.1 Å². The van der Waals surface area contributed by atoms with Gasteiger partial charge in [0.05, 0.1) is 5.69 Å². The van der Waals surface area contributed by atoms with E-state index in [4.69, 9.17) is 10.3 Å². The largest absolute Gasteiger partial charge is 0.396 e. The van der Waals surface area contributed by atoms with Crippen LogP contribution in [0.2, 0.25) is 0 Å². The van der Waals surface area contributed by atoms with Gasteiger partial charge in [0.1, 0.15) is 5.82 Å². The second kappa shape index (κ2) is 4.34. The van der Waals surface area contributed by atoms with Crippen molar-refractivity contribution in [2.24, 2.45) is 0 Å². The van der Waals surface area contributed by atoms with Crippen molar-refractivity contribution < 1.29 is 13.7 Å². The summed E-state index contributed by atoms with van der Waals surface area (Å²) in [6.07, 6.45) is 1.95. The fourth-order valence-electron chi connectivity index (χ4n) is 1.59. The second-order valence-electron chi connectivity index (χ2n) is 4.41. The molecule has 0 unspecified atom stereocenters. The van der Waals surface area contributed by atoms with Gasteiger partial charge in [-0.25, -0.2) is 4.39 Å². The fourth-order valence-corrected chi connectivity index (χ4v) is 1.59. The quantitative estimate of drug-likeness (QED) is 0.814. The molecule has 2 aromatic rings. The minimum Gasteiger partial charge on any atom is -0.396 e. The molecule has 0 spiro atoms. The highest BCUT2D eigenvalue weighted by atomic mass is 19.1. The molecule has 1 aliphatic rings. The van der Waals surface area contributed by atoms with Gasteiger partial charge in [-0.15, -0.1) is 0 Å². The van der Waals surface area contributed by atoms with E-state index in [0.717, 1.165) is 12.8 Å². The summed E-state index contributed by atoms with van der Waals surface area (Å²) in [5.41, 5.74) is 5.94. The van der Waals surface area contributed by atoms with Crippen molar-refractivity contribution >= 4 is 11.6 Å². The summed E-state index contributed by atoms with van der Waals surface area (Å²) in [5.74, 6) is -0.812. The Morgan fingerprint density at radius 1 is 1.47 bits per heavy atom. The highest BCUT2D eigenvalue weighted by Crippen LogP contribution is 2.22. The van der Waals surface area contributed by atoms with Crippen molar-refractivity contribution in [1.29, 1.82) is 0 Å². The maximum absolute atomic E-state index is 13.0. The van der Waals surface area contributed by atoms with Crippen molar-refractivity contribution in [3.8, 4) is 11.4 Å². The summed E-state index contributed by atoms with van der Waals surface area (Å²) in [6.45, 7) is 0. The Balaban J connectivity index is 1.83. The first-order valence-electron chi connectivity index (χ1n) is 5.83. The van der Waals surface area contributed by atoms with Gasteiger partial charge in [0.15, 0.2) is 0 Å². The maximum atomic E-state index is 13.0. The van der Waals surface area contributed by atoms with E-state index in [-0.39, 0.29) is 23.4 Å². The van der Waals surface area contributed by atoms with Crippen molar-refractivity contribution in [2.45, 2.75) is 18.9 Å². The number of aromatic nitrogens is 2. The predicted octanol–water partition coefficient (Wildman–Crippen LogP) is 1.35. The average Bonchev–Trinajstić information content (AvgIpc) is 3.06. The number of benzene rings is 1. The number of nitrogen functional groups attached to an aromatic ring is 1. The number of anilines is 1. The third-order valence-corrected chi connectivity index (χ3v) is 2.79. The first-order chi connectivity index (χ1) is 9.13. The van der Waals surface area contributed by atoms with Gasteiger partial charge in [0, 0.05) is 11.6 Å². The number of nitrogens with one attached hydrogen (secondary N) is 1. The smallest absolute Gasteiger partial charge is 0.316 e. The lowest BCUT2D eigenvalue weighted by atomic mass is 10.2. The Hall–Kier alpha value is -2.44. The van der Waals surface area contributed by atoms with Crippen LogP contribution in [0.15, 0.2) is 22.7 Å². The summed E-state index contributed by atoms with van der Waals surface area (Å²) in [7, 11) is 0. The summed E-state index contributed by atoms with van der Waals surface area (Å²) in [5, 5.41) is 6.42. The van der Waals surface area contributed by atoms with E-state index in [0.29, 0.717) is 5.56 Å². The Kier molecular flexibility index (Phi) is 2.66. The fraction of sp³-hybridized carbons (Fsp3) is 0.250. The van der Waals surface area contributed by atoms with E-state index in [1.54, 1.807) is 0 Å². The minimum absolute atomic E-state index is 0.00807. The summed E-state index contributed by atoms with van der Waals surface area (Å²) < 4.78 is 17.9. The molecule has 1 aromatic carbocycles. The summed E-state index contributed by atoms with van der Waals surface area (Å²) in [4.78, 5) is 15.6. The SMILES string of the molecule is Nc1cc(-c2noc(C(=O)NC3CC3)n2)ccc1F. The highest BCUT2D eigenvalue weighted by Gasteiger charge is 2.26. The molecular formula is C12H11FN4O2. The molecule has 3 N–H and O–H groups in total. The molecule has 1 saturated carbocycles. The van der Waals surface area contributed by atoms with Gasteiger partial charge in [0.25, 0.3) is 0 Å². The lowest BCUT2D eigenvalue weighted by molar-refractivity contribution is 0.0907. The molecule has 1 aromatic heterocycles. The zero-order valence-electron chi connectivity index (χ0n) is 9.89. The molecule has 7 heteroatoms. The summed E-state index contributed by atoms with van der Waals surface area (Å²) >= 11 is 0. The molecule has 1 heterocycles. The Morgan fingerprint density at radius 3 is 2.95 bits per heavy atom. The van der Waals surface area contributed by atoms with Crippen molar-refractivity contribution in [3.05, 3.63) is 29.9 Å². The van der Waals surface area contributed by atoms with Crippen molar-refractivity contribution in [1.82, 2.24) is 15.5 Å². The number of hydrogen-bond donors (Lipinski definition) is 2. The van der Waals surface area contributed by atoms with Crippen LogP contribution in [0.5, 0.6) is 0 Å². The van der Waals surface area contributed by atoms with E-state index in [1.165, 1.54) is 18.2 Å². The molecule has 0 saturated heterocycles. The van der Waals surface area contributed by atoms with Crippen molar-refractivity contribution in [3.63, 3.8) is 0 Å². The average molecular weight is 262 g/mol. The zero-order valence-corrected chi connectivity index (χ0v) is 9.89. The van der Waals surface area contributed by atoms with Crippen LogP contribution >= 0.6 is 0 Å². The Labute approximate surface area is 107 Å². The molecule has 1 fully saturated rings. The van der Waals surface area contributed by atoms with Crippen molar-refractivity contribution in [2.75, 3.05) is 5.73 Å². The standard InChI is InChI=1S/C12H11FN4O2/c13-8-4-1-6(5-9(8)14)10-16-12(19-17-10)11(18)15-7-2-3-7/h1,4-5,7H,2-3,14H2,(H,15,18). The van der Waals surface area contributed by atoms with Crippen LogP contribution in [0, 0.1) is 5.82 Å². The van der Waals surface area contributed by atoms with Gasteiger partial charge in [-0.3, -0.25) is 4.79 Å². The van der Waals surface area contributed by atoms with Gasteiger partial charge in [0.2, 0.25) is 5.82 Å². The normalized spacial score (nSPS) is 14.4. The molecular weight excluding hydrogens is 251 g/mol. The number of halogens is 1. The number of nitrogens with zero attached hydrogens (tertiary/aromatic N) is 2. The molecule has 0 radical (unpaired) electrons. The van der Waals surface area contributed by atoms with Gasteiger partial charge < -0.3 is 15.6 Å². The number of carbonyl (C=O) groups is 1. The number of hydrogen-bond acceptors (Lipinski definition) is 5. The molecule has 0 atom stereocenters. The monoisotopic (exact) mass is 262 g/mol. The van der Waals surface area contributed by atoms with E-state index in [1.807, 2.05) is 0 Å². The van der Waals surface area contributed by atoms with Crippen LogP contribution in [0.25, 0.3) is 11.4 Å². The lowest BCUT2D eigenvalue weighted by Crippen LogP contribution is -2.25. The third-order valence-electron chi connectivity index (χ3n) is 2.79. The molecule has 6 nitrogen and oxygen atoms in total. The summed E-state index contributed by atoms with van der Waals surface area (Å²) in [6, 6.07) is 4.29. The lowest BCUT2D eigenvalue weighted by Gasteiger charge is -1.98. The molecule has 98 valence electrons. The van der Waals surface area contributed by atoms with E-state index < -0.39 is 11.7 Å². The van der Waals surface area contributed by atoms with Crippen LogP contribution in [0.4, 0.5) is 10.1 Å². The van der Waals surface area contributed by atoms with E-state index in [9.17, 15) is 9.18 Å². The Bertz CT molecular complexity index is 636. The van der Waals surface area contributed by atoms with Gasteiger partial charge in [-0.1, -0.05) is 5.16 Å². The number of rotatable bonds is 3.